The monoisotopic (exact) mass is 470 g/mol. The molecule has 0 aliphatic heterocycles. The average Bonchev–Trinajstić information content (AvgIpc) is 3.41. The number of anilines is 1. The molecule has 7 nitrogen and oxygen atoms in total. The Morgan fingerprint density at radius 3 is 2.59 bits per heavy atom. The molecule has 4 aromatic rings. The maximum Gasteiger partial charge on any atom is 0.233 e. The van der Waals surface area contributed by atoms with Gasteiger partial charge in [0, 0.05) is 6.26 Å². The Labute approximate surface area is 190 Å². The number of nitrogens with zero attached hydrogens (tertiary/aromatic N) is 2. The first kappa shape index (κ1) is 22.0. The molecule has 0 bridgehead atoms. The molecule has 2 heterocycles. The van der Waals surface area contributed by atoms with Crippen LogP contribution < -0.4 is 9.64 Å². The van der Waals surface area contributed by atoms with Crippen molar-refractivity contribution < 1.29 is 22.4 Å². The van der Waals surface area contributed by atoms with Gasteiger partial charge in [0.15, 0.2) is 15.0 Å². The van der Waals surface area contributed by atoms with Crippen LogP contribution in [0.5, 0.6) is 5.75 Å². The van der Waals surface area contributed by atoms with Crippen molar-refractivity contribution in [2.75, 3.05) is 17.8 Å². The summed E-state index contributed by atoms with van der Waals surface area (Å²) >= 11 is 1.40. The number of carbonyl (C=O) groups is 1. The van der Waals surface area contributed by atoms with Gasteiger partial charge in [-0.05, 0) is 55.0 Å². The third kappa shape index (κ3) is 5.00. The third-order valence-electron chi connectivity index (χ3n) is 4.79. The highest BCUT2D eigenvalue weighted by Gasteiger charge is 2.22. The molecule has 9 heteroatoms. The zero-order valence-electron chi connectivity index (χ0n) is 17.6. The molecule has 0 N–H and O–H groups in total. The number of furan rings is 1. The molecule has 4 rings (SSSR count). The van der Waals surface area contributed by atoms with E-state index in [4.69, 9.17) is 9.15 Å². The van der Waals surface area contributed by atoms with Crippen LogP contribution >= 0.6 is 11.3 Å². The number of hydrogen-bond acceptors (Lipinski definition) is 7. The minimum Gasteiger partial charge on any atom is -0.494 e. The van der Waals surface area contributed by atoms with Gasteiger partial charge in [0.2, 0.25) is 5.91 Å². The van der Waals surface area contributed by atoms with Gasteiger partial charge < -0.3 is 9.15 Å². The molecule has 0 unspecified atom stereocenters. The number of amides is 1. The van der Waals surface area contributed by atoms with Crippen molar-refractivity contribution in [3.63, 3.8) is 0 Å². The SMILES string of the molecule is CCOc1ccc2nc(N(Cc3ccco3)C(=O)Cc3ccc(S(C)(=O)=O)cc3)sc2c1. The first-order valence-electron chi connectivity index (χ1n) is 9.98. The summed E-state index contributed by atoms with van der Waals surface area (Å²) in [5.41, 5.74) is 1.50. The van der Waals surface area contributed by atoms with E-state index in [1.165, 1.54) is 23.5 Å². The quantitative estimate of drug-likeness (QED) is 0.378. The Morgan fingerprint density at radius 1 is 1.16 bits per heavy atom. The lowest BCUT2D eigenvalue weighted by atomic mass is 10.1. The Kier molecular flexibility index (Phi) is 6.29. The highest BCUT2D eigenvalue weighted by Crippen LogP contribution is 2.32. The van der Waals surface area contributed by atoms with Gasteiger partial charge in [-0.25, -0.2) is 13.4 Å². The maximum atomic E-state index is 13.3. The number of sulfone groups is 1. The Hall–Kier alpha value is -3.17. The van der Waals surface area contributed by atoms with Crippen LogP contribution in [-0.4, -0.2) is 32.2 Å². The van der Waals surface area contributed by atoms with Crippen LogP contribution in [-0.2, 0) is 27.6 Å². The normalized spacial score (nSPS) is 11.6. The topological polar surface area (TPSA) is 89.7 Å². The second kappa shape index (κ2) is 9.13. The fourth-order valence-corrected chi connectivity index (χ4v) is 4.85. The van der Waals surface area contributed by atoms with Gasteiger partial charge in [-0.1, -0.05) is 23.5 Å². The first-order chi connectivity index (χ1) is 15.3. The third-order valence-corrected chi connectivity index (χ3v) is 6.96. The minimum absolute atomic E-state index is 0.102. The van der Waals surface area contributed by atoms with Gasteiger partial charge >= 0.3 is 0 Å². The number of carbonyl (C=O) groups excluding carboxylic acids is 1. The van der Waals surface area contributed by atoms with Crippen molar-refractivity contribution in [2.45, 2.75) is 24.8 Å². The van der Waals surface area contributed by atoms with Gasteiger partial charge in [-0.2, -0.15) is 0 Å². The summed E-state index contributed by atoms with van der Waals surface area (Å²) in [7, 11) is -3.29. The van der Waals surface area contributed by atoms with Crippen LogP contribution in [0.4, 0.5) is 5.13 Å². The van der Waals surface area contributed by atoms with Crippen molar-refractivity contribution in [3.8, 4) is 5.75 Å². The van der Waals surface area contributed by atoms with Crippen molar-refractivity contribution in [2.24, 2.45) is 0 Å². The molecule has 0 saturated heterocycles. The zero-order valence-corrected chi connectivity index (χ0v) is 19.3. The number of fused-ring (bicyclic) bond motifs is 1. The van der Waals surface area contributed by atoms with Crippen molar-refractivity contribution in [1.82, 2.24) is 4.98 Å². The van der Waals surface area contributed by atoms with Crippen LogP contribution in [0.3, 0.4) is 0 Å². The number of benzene rings is 2. The summed E-state index contributed by atoms with van der Waals surface area (Å²) in [5, 5.41) is 0.558. The van der Waals surface area contributed by atoms with E-state index in [0.29, 0.717) is 23.1 Å². The molecule has 0 aliphatic carbocycles. The molecule has 1 amide bonds. The number of ether oxygens (including phenoxy) is 1. The molecule has 2 aromatic heterocycles. The van der Waals surface area contributed by atoms with Gasteiger partial charge in [-0.3, -0.25) is 9.69 Å². The Balaban J connectivity index is 1.63. The molecule has 2 aromatic carbocycles. The Bertz CT molecular complexity index is 1330. The highest BCUT2D eigenvalue weighted by atomic mass is 32.2. The van der Waals surface area contributed by atoms with Gasteiger partial charge in [-0.15, -0.1) is 0 Å². The van der Waals surface area contributed by atoms with E-state index in [0.717, 1.165) is 22.2 Å². The van der Waals surface area contributed by atoms with Gasteiger partial charge in [0.1, 0.15) is 11.5 Å². The van der Waals surface area contributed by atoms with Crippen LogP contribution in [0.15, 0.2) is 70.2 Å². The molecule has 0 spiro atoms. The number of rotatable bonds is 8. The molecule has 0 saturated carbocycles. The van der Waals surface area contributed by atoms with Gasteiger partial charge in [0.25, 0.3) is 0 Å². The van der Waals surface area contributed by atoms with E-state index < -0.39 is 9.84 Å². The van der Waals surface area contributed by atoms with Crippen LogP contribution in [0, 0.1) is 0 Å². The first-order valence-corrected chi connectivity index (χ1v) is 12.7. The molecule has 32 heavy (non-hydrogen) atoms. The second-order valence-corrected chi connectivity index (χ2v) is 10.2. The van der Waals surface area contributed by atoms with E-state index in [-0.39, 0.29) is 23.8 Å². The Morgan fingerprint density at radius 2 is 1.94 bits per heavy atom. The van der Waals surface area contributed by atoms with E-state index in [1.807, 2.05) is 31.2 Å². The van der Waals surface area contributed by atoms with Crippen molar-refractivity contribution in [3.05, 3.63) is 72.2 Å². The summed E-state index contributed by atoms with van der Waals surface area (Å²) in [6, 6.07) is 15.6. The summed E-state index contributed by atoms with van der Waals surface area (Å²) in [4.78, 5) is 19.7. The smallest absolute Gasteiger partial charge is 0.233 e. The molecule has 0 fully saturated rings. The van der Waals surface area contributed by atoms with Crippen LogP contribution in [0.1, 0.15) is 18.2 Å². The van der Waals surface area contributed by atoms with E-state index in [9.17, 15) is 13.2 Å². The molecular weight excluding hydrogens is 448 g/mol. The highest BCUT2D eigenvalue weighted by molar-refractivity contribution is 7.90. The predicted octanol–water partition coefficient (Wildman–Crippen LogP) is 4.47. The molecule has 0 atom stereocenters. The summed E-state index contributed by atoms with van der Waals surface area (Å²) in [5.74, 6) is 1.22. The van der Waals surface area contributed by atoms with Crippen LogP contribution in [0.2, 0.25) is 0 Å². The summed E-state index contributed by atoms with van der Waals surface area (Å²) in [6.07, 6.45) is 2.82. The number of hydrogen-bond donors (Lipinski definition) is 0. The predicted molar refractivity (Wildman–Crippen MR) is 124 cm³/mol. The fraction of sp³-hybridized carbons (Fsp3) is 0.217. The maximum absolute atomic E-state index is 13.3. The van der Waals surface area contributed by atoms with E-state index in [1.54, 1.807) is 29.4 Å². The van der Waals surface area contributed by atoms with E-state index in [2.05, 4.69) is 4.98 Å². The molecule has 166 valence electrons. The average molecular weight is 471 g/mol. The summed E-state index contributed by atoms with van der Waals surface area (Å²) < 4.78 is 35.3. The van der Waals surface area contributed by atoms with Crippen molar-refractivity contribution >= 4 is 42.4 Å². The second-order valence-electron chi connectivity index (χ2n) is 7.21. The summed E-state index contributed by atoms with van der Waals surface area (Å²) in [6.45, 7) is 2.73. The molecule has 0 aliphatic rings. The van der Waals surface area contributed by atoms with Gasteiger partial charge in [0.05, 0.1) is 40.9 Å². The lowest BCUT2D eigenvalue weighted by Gasteiger charge is -2.19. The van der Waals surface area contributed by atoms with Crippen molar-refractivity contribution in [1.29, 1.82) is 0 Å². The minimum atomic E-state index is -3.29. The fourth-order valence-electron chi connectivity index (χ4n) is 3.21. The molecular formula is C23H22N2O5S2. The standard InChI is InChI=1S/C23H22N2O5S2/c1-3-29-17-8-11-20-21(14-17)31-23(24-20)25(15-18-5-4-12-30-18)22(26)13-16-6-9-19(10-7-16)32(2,27)28/h4-12,14H,3,13,15H2,1-2H3. The lowest BCUT2D eigenvalue weighted by molar-refractivity contribution is -0.118. The van der Waals surface area contributed by atoms with E-state index >= 15 is 0 Å². The lowest BCUT2D eigenvalue weighted by Crippen LogP contribution is -2.31. The number of aromatic nitrogens is 1. The largest absolute Gasteiger partial charge is 0.494 e. The zero-order chi connectivity index (χ0) is 22.7. The van der Waals surface area contributed by atoms with Crippen LogP contribution in [0.25, 0.3) is 10.2 Å². The molecule has 0 radical (unpaired) electrons. The number of thiazole rings is 1.